The molecule has 0 bridgehead atoms. The summed E-state index contributed by atoms with van der Waals surface area (Å²) in [5.74, 6) is 1.93. The van der Waals surface area contributed by atoms with E-state index in [1.165, 1.54) is 5.56 Å². The number of nitrogens with zero attached hydrogens (tertiary/aromatic N) is 3. The highest BCUT2D eigenvalue weighted by atomic mass is 16.5. The highest BCUT2D eigenvalue weighted by molar-refractivity contribution is 5.81. The highest BCUT2D eigenvalue weighted by Gasteiger charge is 2.35. The SMILES string of the molecule is CN(Cc1noc2c1CCCC2)C(=O)NC[C@H]1CCCN(C(=O)C2CC2)C1. The number of carbonyl (C=O) groups is 2. The van der Waals surface area contributed by atoms with Gasteiger partial charge in [0.05, 0.1) is 6.54 Å². The van der Waals surface area contributed by atoms with Gasteiger partial charge in [0, 0.05) is 44.6 Å². The van der Waals surface area contributed by atoms with Crippen LogP contribution in [0.1, 0.15) is 55.5 Å². The lowest BCUT2D eigenvalue weighted by molar-refractivity contribution is -0.134. The molecule has 3 aliphatic rings. The highest BCUT2D eigenvalue weighted by Crippen LogP contribution is 2.32. The predicted octanol–water partition coefficient (Wildman–Crippen LogP) is 2.34. The molecule has 0 unspecified atom stereocenters. The Kier molecular flexibility index (Phi) is 5.36. The largest absolute Gasteiger partial charge is 0.361 e. The fourth-order valence-corrected chi connectivity index (χ4v) is 4.26. The van der Waals surface area contributed by atoms with Gasteiger partial charge >= 0.3 is 6.03 Å². The van der Waals surface area contributed by atoms with Crippen molar-refractivity contribution in [3.05, 3.63) is 17.0 Å². The molecule has 1 saturated carbocycles. The van der Waals surface area contributed by atoms with Crippen LogP contribution in [0.3, 0.4) is 0 Å². The van der Waals surface area contributed by atoms with Crippen molar-refractivity contribution in [2.24, 2.45) is 11.8 Å². The van der Waals surface area contributed by atoms with Crippen LogP contribution in [0.2, 0.25) is 0 Å². The van der Waals surface area contributed by atoms with Crippen molar-refractivity contribution in [3.63, 3.8) is 0 Å². The lowest BCUT2D eigenvalue weighted by Crippen LogP contribution is -2.46. The third-order valence-electron chi connectivity index (χ3n) is 6.06. The molecule has 2 fully saturated rings. The molecular formula is C20H30N4O3. The Morgan fingerprint density at radius 2 is 2.04 bits per heavy atom. The Balaban J connectivity index is 1.25. The summed E-state index contributed by atoms with van der Waals surface area (Å²) >= 11 is 0. The van der Waals surface area contributed by atoms with Gasteiger partial charge in [-0.15, -0.1) is 0 Å². The summed E-state index contributed by atoms with van der Waals surface area (Å²) < 4.78 is 5.44. The number of nitrogens with one attached hydrogen (secondary N) is 1. The van der Waals surface area contributed by atoms with Crippen LogP contribution < -0.4 is 5.32 Å². The molecular weight excluding hydrogens is 344 g/mol. The minimum Gasteiger partial charge on any atom is -0.361 e. The van der Waals surface area contributed by atoms with Gasteiger partial charge in [-0.3, -0.25) is 4.79 Å². The van der Waals surface area contributed by atoms with Gasteiger partial charge in [-0.1, -0.05) is 5.16 Å². The van der Waals surface area contributed by atoms with Crippen LogP contribution in [0.25, 0.3) is 0 Å². The van der Waals surface area contributed by atoms with Crippen molar-refractivity contribution in [2.75, 3.05) is 26.7 Å². The zero-order valence-electron chi connectivity index (χ0n) is 16.2. The summed E-state index contributed by atoms with van der Waals surface area (Å²) in [6.07, 6.45) is 8.46. The standard InChI is InChI=1S/C20H30N4O3/c1-23(13-17-16-6-2-3-7-18(16)27-22-17)20(26)21-11-14-5-4-10-24(12-14)19(25)15-8-9-15/h14-15H,2-13H2,1H3,(H,21,26)/t14-/m1/s1. The maximum absolute atomic E-state index is 12.5. The summed E-state index contributed by atoms with van der Waals surface area (Å²) in [6.45, 7) is 2.74. The average molecular weight is 374 g/mol. The molecule has 148 valence electrons. The van der Waals surface area contributed by atoms with E-state index in [0.717, 1.165) is 75.9 Å². The fourth-order valence-electron chi connectivity index (χ4n) is 4.26. The van der Waals surface area contributed by atoms with Crippen molar-refractivity contribution in [1.82, 2.24) is 20.3 Å². The summed E-state index contributed by atoms with van der Waals surface area (Å²) in [7, 11) is 1.79. The molecule has 2 aliphatic carbocycles. The predicted molar refractivity (Wildman–Crippen MR) is 100 cm³/mol. The van der Waals surface area contributed by atoms with E-state index >= 15 is 0 Å². The van der Waals surface area contributed by atoms with Crippen molar-refractivity contribution < 1.29 is 14.1 Å². The Labute approximate surface area is 160 Å². The van der Waals surface area contributed by atoms with E-state index in [1.54, 1.807) is 11.9 Å². The number of hydrogen-bond acceptors (Lipinski definition) is 4. The van der Waals surface area contributed by atoms with Gasteiger partial charge in [0.25, 0.3) is 0 Å². The molecule has 1 N–H and O–H groups in total. The van der Waals surface area contributed by atoms with Crippen LogP contribution in [0.5, 0.6) is 0 Å². The molecule has 2 heterocycles. The molecule has 7 nitrogen and oxygen atoms in total. The van der Waals surface area contributed by atoms with Crippen molar-refractivity contribution in [2.45, 2.75) is 57.9 Å². The Bertz CT molecular complexity index is 697. The first-order valence-electron chi connectivity index (χ1n) is 10.4. The smallest absolute Gasteiger partial charge is 0.317 e. The summed E-state index contributed by atoms with van der Waals surface area (Å²) in [5.41, 5.74) is 2.09. The van der Waals surface area contributed by atoms with Gasteiger partial charge in [-0.2, -0.15) is 0 Å². The number of likely N-dealkylation sites (tertiary alicyclic amines) is 1. The zero-order valence-corrected chi connectivity index (χ0v) is 16.2. The van der Waals surface area contributed by atoms with Gasteiger partial charge in [0.15, 0.2) is 0 Å². The average Bonchev–Trinajstić information content (AvgIpc) is 3.47. The van der Waals surface area contributed by atoms with Gasteiger partial charge < -0.3 is 19.6 Å². The number of fused-ring (bicyclic) bond motifs is 1. The molecule has 1 aromatic heterocycles. The number of aromatic nitrogens is 1. The summed E-state index contributed by atoms with van der Waals surface area (Å²) in [6, 6.07) is -0.0896. The topological polar surface area (TPSA) is 78.7 Å². The Hall–Kier alpha value is -2.05. The number of hydrogen-bond donors (Lipinski definition) is 1. The fraction of sp³-hybridized carbons (Fsp3) is 0.750. The van der Waals surface area contributed by atoms with Gasteiger partial charge in [0.2, 0.25) is 5.91 Å². The maximum atomic E-state index is 12.5. The van der Waals surface area contributed by atoms with Crippen LogP contribution in [0.4, 0.5) is 4.79 Å². The van der Waals surface area contributed by atoms with Crippen LogP contribution in [-0.2, 0) is 24.2 Å². The number of piperidine rings is 1. The molecule has 27 heavy (non-hydrogen) atoms. The molecule has 1 saturated heterocycles. The molecule has 0 aromatic carbocycles. The van der Waals surface area contributed by atoms with E-state index in [2.05, 4.69) is 10.5 Å². The number of rotatable bonds is 5. The first-order valence-corrected chi connectivity index (χ1v) is 10.4. The summed E-state index contributed by atoms with van der Waals surface area (Å²) in [4.78, 5) is 28.4. The van der Waals surface area contributed by atoms with Crippen LogP contribution in [0, 0.1) is 11.8 Å². The van der Waals surface area contributed by atoms with Gasteiger partial charge in [-0.25, -0.2) is 4.79 Å². The van der Waals surface area contributed by atoms with Gasteiger partial charge in [-0.05, 0) is 50.9 Å². The molecule has 1 aliphatic heterocycles. The minimum atomic E-state index is -0.0896. The van der Waals surface area contributed by atoms with Crippen molar-refractivity contribution in [3.8, 4) is 0 Å². The number of urea groups is 1. The van der Waals surface area contributed by atoms with Crippen molar-refractivity contribution in [1.29, 1.82) is 0 Å². The van der Waals surface area contributed by atoms with Crippen LogP contribution in [0.15, 0.2) is 4.52 Å². The summed E-state index contributed by atoms with van der Waals surface area (Å²) in [5, 5.41) is 7.22. The molecule has 0 radical (unpaired) electrons. The van der Waals surface area contributed by atoms with E-state index in [1.807, 2.05) is 4.90 Å². The number of carbonyl (C=O) groups excluding carboxylic acids is 2. The lowest BCUT2D eigenvalue weighted by atomic mass is 9.96. The van der Waals surface area contributed by atoms with Crippen molar-refractivity contribution >= 4 is 11.9 Å². The second-order valence-corrected chi connectivity index (χ2v) is 8.35. The van der Waals surface area contributed by atoms with Gasteiger partial charge in [0.1, 0.15) is 11.5 Å². The molecule has 1 atom stereocenters. The monoisotopic (exact) mass is 374 g/mol. The minimum absolute atomic E-state index is 0.0896. The van der Waals surface area contributed by atoms with Crippen LogP contribution in [-0.4, -0.2) is 53.6 Å². The number of amides is 3. The Morgan fingerprint density at radius 3 is 2.85 bits per heavy atom. The third kappa shape index (κ3) is 4.28. The molecule has 1 aromatic rings. The molecule has 3 amide bonds. The van der Waals surface area contributed by atoms with Crippen LogP contribution >= 0.6 is 0 Å². The molecule has 4 rings (SSSR count). The Morgan fingerprint density at radius 1 is 1.22 bits per heavy atom. The van der Waals surface area contributed by atoms with E-state index < -0.39 is 0 Å². The maximum Gasteiger partial charge on any atom is 0.317 e. The quantitative estimate of drug-likeness (QED) is 0.858. The third-order valence-corrected chi connectivity index (χ3v) is 6.06. The molecule has 7 heteroatoms. The van der Waals surface area contributed by atoms with E-state index in [0.29, 0.717) is 24.9 Å². The van der Waals surface area contributed by atoms with E-state index in [4.69, 9.17) is 4.52 Å². The zero-order chi connectivity index (χ0) is 18.8. The first kappa shape index (κ1) is 18.3. The molecule has 0 spiro atoms. The normalized spacial score (nSPS) is 22.3. The number of aryl methyl sites for hydroxylation is 1. The first-order chi connectivity index (χ1) is 13.1. The lowest BCUT2D eigenvalue weighted by Gasteiger charge is -2.33. The van der Waals surface area contributed by atoms with E-state index in [9.17, 15) is 9.59 Å². The second kappa shape index (κ2) is 7.90. The second-order valence-electron chi connectivity index (χ2n) is 8.35. The van der Waals surface area contributed by atoms with E-state index in [-0.39, 0.29) is 11.9 Å².